The van der Waals surface area contributed by atoms with Crippen LogP contribution in [0.5, 0.6) is 0 Å². The first-order chi connectivity index (χ1) is 15.6. The Morgan fingerprint density at radius 3 is 2.09 bits per heavy atom. The van der Waals surface area contributed by atoms with Gasteiger partial charge in [-0.05, 0) is 55.3 Å². The number of aliphatic carboxylic acids is 1. The molecule has 0 aromatic heterocycles. The molecule has 0 radical (unpaired) electrons. The predicted octanol–water partition coefficient (Wildman–Crippen LogP) is 5.04. The lowest BCUT2D eigenvalue weighted by Crippen LogP contribution is -2.21. The Labute approximate surface area is 187 Å². The maximum absolute atomic E-state index is 13.8. The Balaban J connectivity index is 0.000000718. The van der Waals surface area contributed by atoms with Crippen LogP contribution in [0.1, 0.15) is 27.9 Å². The summed E-state index contributed by atoms with van der Waals surface area (Å²) < 4.78 is 103. The number of carboxylic acid groups (broad SMARTS) is 1. The molecule has 4 N–H and O–H groups in total. The number of methoxy groups -OCH3 is 1. The fourth-order valence-electron chi connectivity index (χ4n) is 2.50. The average molecular weight is 502 g/mol. The van der Waals surface area contributed by atoms with Crippen LogP contribution in [0.2, 0.25) is 0 Å². The van der Waals surface area contributed by atoms with E-state index in [1.165, 1.54) is 12.1 Å². The van der Waals surface area contributed by atoms with Crippen LogP contribution in [0.4, 0.5) is 46.5 Å². The van der Waals surface area contributed by atoms with Crippen LogP contribution in [-0.4, -0.2) is 36.9 Å². The van der Waals surface area contributed by atoms with Crippen molar-refractivity contribution in [2.75, 3.05) is 19.0 Å². The summed E-state index contributed by atoms with van der Waals surface area (Å²) in [6, 6.07) is 4.58. The summed E-state index contributed by atoms with van der Waals surface area (Å²) in [5.41, 5.74) is 3.90. The Hall–Kier alpha value is -3.42. The SMILES string of the molecule is COC(=O)c1cc(F)c(C(F)(F)F)cc1Nc1ccc(F)cc1CCCN.O=C(O)C(F)(F)F. The molecule has 0 atom stereocenters. The number of nitrogens with two attached hydrogens (primary N) is 1. The molecule has 2 aromatic carbocycles. The van der Waals surface area contributed by atoms with Gasteiger partial charge in [0, 0.05) is 5.69 Å². The molecule has 2 rings (SSSR count). The second-order valence-corrected chi connectivity index (χ2v) is 6.49. The molecule has 0 spiro atoms. The van der Waals surface area contributed by atoms with Crippen molar-refractivity contribution in [2.45, 2.75) is 25.2 Å². The number of rotatable bonds is 6. The van der Waals surface area contributed by atoms with Crippen LogP contribution in [0, 0.1) is 11.6 Å². The molecule has 0 heterocycles. The third kappa shape index (κ3) is 8.17. The van der Waals surface area contributed by atoms with Crippen LogP contribution in [0.25, 0.3) is 0 Å². The molecule has 14 heteroatoms. The predicted molar refractivity (Wildman–Crippen MR) is 103 cm³/mol. The van der Waals surface area contributed by atoms with Crippen LogP contribution in [0.3, 0.4) is 0 Å². The summed E-state index contributed by atoms with van der Waals surface area (Å²) >= 11 is 0. The van der Waals surface area contributed by atoms with E-state index in [0.717, 1.165) is 13.2 Å². The third-order valence-corrected chi connectivity index (χ3v) is 4.05. The maximum atomic E-state index is 13.8. The minimum atomic E-state index is -5.08. The highest BCUT2D eigenvalue weighted by atomic mass is 19.4. The largest absolute Gasteiger partial charge is 0.490 e. The van der Waals surface area contributed by atoms with E-state index in [9.17, 15) is 39.9 Å². The lowest BCUT2D eigenvalue weighted by Gasteiger charge is -2.17. The third-order valence-electron chi connectivity index (χ3n) is 4.05. The molecule has 0 amide bonds. The zero-order valence-electron chi connectivity index (χ0n) is 17.3. The summed E-state index contributed by atoms with van der Waals surface area (Å²) in [5.74, 6) is -5.91. The zero-order chi connectivity index (χ0) is 26.3. The molecule has 0 saturated carbocycles. The second-order valence-electron chi connectivity index (χ2n) is 6.49. The van der Waals surface area contributed by atoms with Crippen molar-refractivity contribution >= 4 is 23.3 Å². The molecule has 188 valence electrons. The highest BCUT2D eigenvalue weighted by Gasteiger charge is 2.38. The molecule has 0 aliphatic heterocycles. The number of ether oxygens (including phenoxy) is 1. The normalized spacial score (nSPS) is 11.4. The van der Waals surface area contributed by atoms with Gasteiger partial charge in [0.05, 0.1) is 23.9 Å². The number of anilines is 2. The van der Waals surface area contributed by atoms with Gasteiger partial charge < -0.3 is 20.9 Å². The summed E-state index contributed by atoms with van der Waals surface area (Å²) in [6.45, 7) is 0.331. The lowest BCUT2D eigenvalue weighted by molar-refractivity contribution is -0.192. The number of aryl methyl sites for hydroxylation is 1. The molecule has 2 aromatic rings. The van der Waals surface area contributed by atoms with E-state index < -0.39 is 47.1 Å². The van der Waals surface area contributed by atoms with Crippen molar-refractivity contribution in [3.05, 3.63) is 58.7 Å². The Kier molecular flexibility index (Phi) is 9.79. The Morgan fingerprint density at radius 2 is 1.62 bits per heavy atom. The summed E-state index contributed by atoms with van der Waals surface area (Å²) in [5, 5.41) is 9.78. The van der Waals surface area contributed by atoms with E-state index >= 15 is 0 Å². The summed E-state index contributed by atoms with van der Waals surface area (Å²) in [4.78, 5) is 20.8. The Bertz CT molecular complexity index is 1020. The molecule has 34 heavy (non-hydrogen) atoms. The molecular formula is C20H18F8N2O4. The van der Waals surface area contributed by atoms with Gasteiger partial charge in [0.2, 0.25) is 0 Å². The van der Waals surface area contributed by atoms with Crippen molar-refractivity contribution in [1.82, 2.24) is 0 Å². The van der Waals surface area contributed by atoms with Gasteiger partial charge in [-0.15, -0.1) is 0 Å². The molecule has 0 fully saturated rings. The molecule has 0 unspecified atom stereocenters. The first kappa shape index (κ1) is 28.6. The van der Waals surface area contributed by atoms with Crippen LogP contribution in [0.15, 0.2) is 30.3 Å². The standard InChI is InChI=1S/C18H17F5N2O2.C2HF3O2/c1-27-17(26)12-8-14(20)13(18(21,22)23)9-16(12)25-15-5-4-11(19)7-10(15)3-2-6-24;3-2(4,5)1(6)7/h4-5,7-9,25H,2-3,6,24H2,1H3;(H,6,7). The summed E-state index contributed by atoms with van der Waals surface area (Å²) in [7, 11) is 1.02. The maximum Gasteiger partial charge on any atom is 0.490 e. The van der Waals surface area contributed by atoms with Gasteiger partial charge in [-0.2, -0.15) is 26.3 Å². The van der Waals surface area contributed by atoms with E-state index in [4.69, 9.17) is 15.6 Å². The number of hydrogen-bond donors (Lipinski definition) is 3. The molecule has 0 bridgehead atoms. The first-order valence-corrected chi connectivity index (χ1v) is 9.16. The van der Waals surface area contributed by atoms with Gasteiger partial charge >= 0.3 is 24.3 Å². The fourth-order valence-corrected chi connectivity index (χ4v) is 2.50. The Morgan fingerprint density at radius 1 is 1.03 bits per heavy atom. The van der Waals surface area contributed by atoms with Gasteiger partial charge in [-0.3, -0.25) is 0 Å². The topological polar surface area (TPSA) is 102 Å². The molecule has 0 aliphatic carbocycles. The molecule has 0 aliphatic rings. The van der Waals surface area contributed by atoms with E-state index in [2.05, 4.69) is 10.1 Å². The number of halogens is 8. The number of benzene rings is 2. The second kappa shape index (κ2) is 11.6. The quantitative estimate of drug-likeness (QED) is 0.378. The highest BCUT2D eigenvalue weighted by molar-refractivity contribution is 5.97. The number of carbonyl (C=O) groups excluding carboxylic acids is 1. The summed E-state index contributed by atoms with van der Waals surface area (Å²) in [6.07, 6.45) is -9.17. The van der Waals surface area contributed by atoms with E-state index in [0.29, 0.717) is 37.1 Å². The van der Waals surface area contributed by atoms with Gasteiger partial charge in [-0.1, -0.05) is 0 Å². The van der Waals surface area contributed by atoms with Crippen molar-refractivity contribution in [2.24, 2.45) is 5.73 Å². The minimum Gasteiger partial charge on any atom is -0.475 e. The van der Waals surface area contributed by atoms with Gasteiger partial charge in [0.25, 0.3) is 0 Å². The van der Waals surface area contributed by atoms with Crippen LogP contribution >= 0.6 is 0 Å². The first-order valence-electron chi connectivity index (χ1n) is 9.16. The van der Waals surface area contributed by atoms with E-state index in [1.54, 1.807) is 0 Å². The van der Waals surface area contributed by atoms with Gasteiger partial charge in [0.1, 0.15) is 11.6 Å². The molecule has 0 saturated heterocycles. The number of esters is 1. The van der Waals surface area contributed by atoms with Crippen LogP contribution in [-0.2, 0) is 22.1 Å². The highest BCUT2D eigenvalue weighted by Crippen LogP contribution is 2.36. The lowest BCUT2D eigenvalue weighted by atomic mass is 10.0. The van der Waals surface area contributed by atoms with Gasteiger partial charge in [0.15, 0.2) is 0 Å². The number of carbonyl (C=O) groups is 2. The average Bonchev–Trinajstić information content (AvgIpc) is 2.73. The fraction of sp³-hybridized carbons (Fsp3) is 0.300. The molecule has 6 nitrogen and oxygen atoms in total. The van der Waals surface area contributed by atoms with Crippen molar-refractivity contribution in [3.8, 4) is 0 Å². The zero-order valence-corrected chi connectivity index (χ0v) is 17.3. The number of carboxylic acids is 1. The number of alkyl halides is 6. The van der Waals surface area contributed by atoms with Gasteiger partial charge in [-0.25, -0.2) is 18.4 Å². The van der Waals surface area contributed by atoms with Crippen LogP contribution < -0.4 is 11.1 Å². The number of hydrogen-bond acceptors (Lipinski definition) is 5. The monoisotopic (exact) mass is 502 g/mol. The van der Waals surface area contributed by atoms with E-state index in [-0.39, 0.29) is 11.4 Å². The van der Waals surface area contributed by atoms with Crippen molar-refractivity contribution in [1.29, 1.82) is 0 Å². The van der Waals surface area contributed by atoms with Crippen molar-refractivity contribution < 1.29 is 54.6 Å². The molecular weight excluding hydrogens is 484 g/mol. The van der Waals surface area contributed by atoms with Crippen molar-refractivity contribution in [3.63, 3.8) is 0 Å². The number of nitrogens with one attached hydrogen (secondary N) is 1. The minimum absolute atomic E-state index is 0.273. The smallest absolute Gasteiger partial charge is 0.475 e. The van der Waals surface area contributed by atoms with E-state index in [1.807, 2.05) is 0 Å².